The standard InChI is InChI=1S/C12H13F2N3S/c13-8-3-4-9-11(10(8)14)17(12(15)16-9)6-7-2-1-5-18-7/h3-4,7H,1-2,5-6H2,(H2,15,16). The van der Waals surface area contributed by atoms with Crippen molar-refractivity contribution < 1.29 is 8.78 Å². The third kappa shape index (κ3) is 1.84. The summed E-state index contributed by atoms with van der Waals surface area (Å²) in [4.78, 5) is 4.08. The van der Waals surface area contributed by atoms with Crippen LogP contribution in [0.2, 0.25) is 0 Å². The van der Waals surface area contributed by atoms with Gasteiger partial charge in [-0.05, 0) is 30.7 Å². The second-order valence-corrected chi connectivity index (χ2v) is 5.85. The van der Waals surface area contributed by atoms with E-state index in [0.717, 1.165) is 18.2 Å². The Morgan fingerprint density at radius 3 is 3.00 bits per heavy atom. The molecule has 0 spiro atoms. The molecule has 1 unspecified atom stereocenters. The molecular weight excluding hydrogens is 256 g/mol. The number of nitrogen functional groups attached to an aromatic ring is 1. The number of thioether (sulfide) groups is 1. The SMILES string of the molecule is Nc1nc2ccc(F)c(F)c2n1CC1CCCS1. The van der Waals surface area contributed by atoms with Crippen LogP contribution in [0.15, 0.2) is 12.1 Å². The summed E-state index contributed by atoms with van der Waals surface area (Å²) in [6, 6.07) is 2.54. The van der Waals surface area contributed by atoms with Gasteiger partial charge in [-0.2, -0.15) is 11.8 Å². The van der Waals surface area contributed by atoms with Crippen LogP contribution in [0.25, 0.3) is 11.0 Å². The second-order valence-electron chi connectivity index (χ2n) is 4.44. The Hall–Kier alpha value is -1.30. The molecule has 2 heterocycles. The first-order chi connectivity index (χ1) is 8.66. The molecule has 1 fully saturated rings. The molecule has 1 aliphatic heterocycles. The van der Waals surface area contributed by atoms with Crippen LogP contribution in [0.1, 0.15) is 12.8 Å². The maximum atomic E-state index is 13.8. The van der Waals surface area contributed by atoms with Crippen LogP contribution < -0.4 is 5.73 Å². The summed E-state index contributed by atoms with van der Waals surface area (Å²) in [5.74, 6) is -0.349. The lowest BCUT2D eigenvalue weighted by molar-refractivity contribution is 0.510. The predicted octanol–water partition coefficient (Wildman–Crippen LogP) is 2.79. The molecule has 3 nitrogen and oxygen atoms in total. The first-order valence-electron chi connectivity index (χ1n) is 5.88. The highest BCUT2D eigenvalue weighted by molar-refractivity contribution is 8.00. The number of rotatable bonds is 2. The number of imidazole rings is 1. The lowest BCUT2D eigenvalue weighted by atomic mass is 10.2. The van der Waals surface area contributed by atoms with E-state index in [9.17, 15) is 8.78 Å². The van der Waals surface area contributed by atoms with Gasteiger partial charge in [-0.15, -0.1) is 0 Å². The summed E-state index contributed by atoms with van der Waals surface area (Å²) in [6.45, 7) is 0.591. The number of anilines is 1. The van der Waals surface area contributed by atoms with Crippen molar-refractivity contribution in [2.45, 2.75) is 24.6 Å². The summed E-state index contributed by atoms with van der Waals surface area (Å²) >= 11 is 1.85. The molecule has 0 bridgehead atoms. The maximum absolute atomic E-state index is 13.8. The van der Waals surface area contributed by atoms with E-state index in [1.165, 1.54) is 12.5 Å². The highest BCUT2D eigenvalue weighted by atomic mass is 32.2. The van der Waals surface area contributed by atoms with Gasteiger partial charge in [-0.3, -0.25) is 0 Å². The first kappa shape index (κ1) is 11.8. The average molecular weight is 269 g/mol. The van der Waals surface area contributed by atoms with Gasteiger partial charge in [0.1, 0.15) is 5.52 Å². The van der Waals surface area contributed by atoms with Crippen LogP contribution in [0.5, 0.6) is 0 Å². The highest BCUT2D eigenvalue weighted by Crippen LogP contribution is 2.30. The van der Waals surface area contributed by atoms with E-state index in [2.05, 4.69) is 4.98 Å². The van der Waals surface area contributed by atoms with Crippen LogP contribution in [0.3, 0.4) is 0 Å². The molecule has 0 aliphatic carbocycles. The highest BCUT2D eigenvalue weighted by Gasteiger charge is 2.21. The van der Waals surface area contributed by atoms with E-state index in [1.54, 1.807) is 4.57 Å². The normalized spacial score (nSPS) is 19.8. The van der Waals surface area contributed by atoms with Crippen molar-refractivity contribution in [2.24, 2.45) is 0 Å². The fourth-order valence-corrected chi connectivity index (χ4v) is 3.61. The van der Waals surface area contributed by atoms with Crippen LogP contribution in [0, 0.1) is 11.6 Å². The number of hydrogen-bond donors (Lipinski definition) is 1. The average Bonchev–Trinajstić information content (AvgIpc) is 2.94. The van der Waals surface area contributed by atoms with E-state index in [-0.39, 0.29) is 11.5 Å². The minimum Gasteiger partial charge on any atom is -0.369 e. The number of hydrogen-bond acceptors (Lipinski definition) is 3. The molecule has 0 saturated carbocycles. The molecule has 0 radical (unpaired) electrons. The minimum atomic E-state index is -0.861. The van der Waals surface area contributed by atoms with E-state index >= 15 is 0 Å². The van der Waals surface area contributed by atoms with Crippen molar-refractivity contribution >= 4 is 28.7 Å². The van der Waals surface area contributed by atoms with Crippen molar-refractivity contribution in [1.82, 2.24) is 9.55 Å². The summed E-state index contributed by atoms with van der Waals surface area (Å²) in [7, 11) is 0. The molecule has 6 heteroatoms. The number of nitrogens with two attached hydrogens (primary N) is 1. The van der Waals surface area contributed by atoms with E-state index in [4.69, 9.17) is 5.73 Å². The molecule has 1 atom stereocenters. The van der Waals surface area contributed by atoms with Crippen LogP contribution in [0.4, 0.5) is 14.7 Å². The van der Waals surface area contributed by atoms with Gasteiger partial charge in [0, 0.05) is 11.8 Å². The molecule has 0 amide bonds. The van der Waals surface area contributed by atoms with Gasteiger partial charge in [0.05, 0.1) is 5.52 Å². The molecular formula is C12H13F2N3S. The fraction of sp³-hybridized carbons (Fsp3) is 0.417. The zero-order valence-electron chi connectivity index (χ0n) is 9.70. The Bertz CT molecular complexity index is 591. The van der Waals surface area contributed by atoms with Gasteiger partial charge < -0.3 is 10.3 Å². The molecule has 1 aromatic carbocycles. The Labute approximate surface area is 107 Å². The maximum Gasteiger partial charge on any atom is 0.201 e. The molecule has 1 aliphatic rings. The summed E-state index contributed by atoms with van der Waals surface area (Å²) in [5.41, 5.74) is 6.40. The topological polar surface area (TPSA) is 43.8 Å². The predicted molar refractivity (Wildman–Crippen MR) is 69.5 cm³/mol. The smallest absolute Gasteiger partial charge is 0.201 e. The molecule has 1 saturated heterocycles. The molecule has 18 heavy (non-hydrogen) atoms. The quantitative estimate of drug-likeness (QED) is 0.911. The Morgan fingerprint density at radius 1 is 1.44 bits per heavy atom. The molecule has 2 N–H and O–H groups in total. The molecule has 96 valence electrons. The molecule has 2 aromatic rings. The Morgan fingerprint density at radius 2 is 2.28 bits per heavy atom. The van der Waals surface area contributed by atoms with Crippen molar-refractivity contribution in [3.05, 3.63) is 23.8 Å². The summed E-state index contributed by atoms with van der Waals surface area (Å²) in [5, 5.41) is 0.410. The van der Waals surface area contributed by atoms with E-state index in [0.29, 0.717) is 17.3 Å². The van der Waals surface area contributed by atoms with Gasteiger partial charge >= 0.3 is 0 Å². The summed E-state index contributed by atoms with van der Waals surface area (Å²) in [6.07, 6.45) is 2.25. The van der Waals surface area contributed by atoms with Crippen molar-refractivity contribution in [2.75, 3.05) is 11.5 Å². The van der Waals surface area contributed by atoms with Gasteiger partial charge in [0.25, 0.3) is 0 Å². The zero-order valence-corrected chi connectivity index (χ0v) is 10.5. The minimum absolute atomic E-state index is 0.181. The number of fused-ring (bicyclic) bond motifs is 1. The van der Waals surface area contributed by atoms with Crippen LogP contribution in [-0.4, -0.2) is 20.6 Å². The van der Waals surface area contributed by atoms with Crippen molar-refractivity contribution in [3.63, 3.8) is 0 Å². The van der Waals surface area contributed by atoms with Gasteiger partial charge in [0.15, 0.2) is 11.6 Å². The van der Waals surface area contributed by atoms with Crippen LogP contribution in [-0.2, 0) is 6.54 Å². The Kier molecular flexibility index (Phi) is 2.89. The van der Waals surface area contributed by atoms with Gasteiger partial charge in [-0.1, -0.05) is 0 Å². The van der Waals surface area contributed by atoms with Gasteiger partial charge in [-0.25, -0.2) is 13.8 Å². The number of aromatic nitrogens is 2. The lowest BCUT2D eigenvalue weighted by Crippen LogP contribution is -2.13. The van der Waals surface area contributed by atoms with Crippen LogP contribution >= 0.6 is 11.8 Å². The van der Waals surface area contributed by atoms with Crippen molar-refractivity contribution in [1.29, 1.82) is 0 Å². The number of nitrogens with zero attached hydrogens (tertiary/aromatic N) is 2. The first-order valence-corrected chi connectivity index (χ1v) is 6.93. The molecule has 3 rings (SSSR count). The van der Waals surface area contributed by atoms with E-state index in [1.807, 2.05) is 11.8 Å². The fourth-order valence-electron chi connectivity index (χ4n) is 2.35. The van der Waals surface area contributed by atoms with Crippen molar-refractivity contribution in [3.8, 4) is 0 Å². The zero-order chi connectivity index (χ0) is 12.7. The Balaban J connectivity index is 2.08. The second kappa shape index (κ2) is 4.42. The monoisotopic (exact) mass is 269 g/mol. The number of benzene rings is 1. The third-order valence-corrected chi connectivity index (χ3v) is 4.62. The summed E-state index contributed by atoms with van der Waals surface area (Å²) < 4.78 is 28.7. The third-order valence-electron chi connectivity index (χ3n) is 3.24. The van der Waals surface area contributed by atoms with E-state index < -0.39 is 11.6 Å². The lowest BCUT2D eigenvalue weighted by Gasteiger charge is -2.12. The molecule has 1 aromatic heterocycles. The van der Waals surface area contributed by atoms with Gasteiger partial charge in [0.2, 0.25) is 5.95 Å². The number of halogens is 2. The largest absolute Gasteiger partial charge is 0.369 e.